The molecule has 2 aliphatic carbocycles. The highest BCUT2D eigenvalue weighted by atomic mass is 35.5. The third-order valence-corrected chi connectivity index (χ3v) is 17.4. The second-order valence-corrected chi connectivity index (χ2v) is 21.6. The third-order valence-electron chi connectivity index (χ3n) is 14.9. The zero-order chi connectivity index (χ0) is 40.1. The maximum absolute atomic E-state index is 14.1. The van der Waals surface area contributed by atoms with Crippen molar-refractivity contribution in [2.75, 3.05) is 77.0 Å². The minimum atomic E-state index is -2.97. The summed E-state index contributed by atoms with van der Waals surface area (Å²) in [5, 5.41) is 13.6. The molecule has 312 valence electrons. The summed E-state index contributed by atoms with van der Waals surface area (Å²) in [4.78, 5) is 35.6. The first-order chi connectivity index (χ1) is 27.2. The van der Waals surface area contributed by atoms with E-state index in [0.717, 1.165) is 120 Å². The lowest BCUT2D eigenvalue weighted by atomic mass is 9.62. The molecule has 2 aromatic carbocycles. The molecule has 4 aliphatic heterocycles. The van der Waals surface area contributed by atoms with Crippen molar-refractivity contribution >= 4 is 44.6 Å². The maximum atomic E-state index is 14.1. The number of ether oxygens (including phenoxy) is 1. The van der Waals surface area contributed by atoms with Crippen molar-refractivity contribution < 1.29 is 23.6 Å². The molecule has 0 radical (unpaired) electrons. The molecule has 2 saturated heterocycles. The van der Waals surface area contributed by atoms with Gasteiger partial charge >= 0.3 is 0 Å². The second kappa shape index (κ2) is 16.4. The number of piperazine rings is 2. The van der Waals surface area contributed by atoms with E-state index in [9.17, 15) is 18.9 Å². The average Bonchev–Trinajstić information content (AvgIpc) is 3.31. The molecule has 6 aliphatic rings. The minimum absolute atomic E-state index is 0.0387. The van der Waals surface area contributed by atoms with Gasteiger partial charge in [-0.2, -0.15) is 0 Å². The van der Waals surface area contributed by atoms with Crippen LogP contribution in [0.25, 0.3) is 0 Å². The number of nitrogens with one attached hydrogen (secondary N) is 1. The zero-order valence-electron chi connectivity index (χ0n) is 34.4. The predicted molar refractivity (Wildman–Crippen MR) is 230 cm³/mol. The lowest BCUT2D eigenvalue weighted by molar-refractivity contribution is -0.119. The first kappa shape index (κ1) is 41.1. The van der Waals surface area contributed by atoms with Gasteiger partial charge in [0.2, 0.25) is 0 Å². The van der Waals surface area contributed by atoms with Gasteiger partial charge in [0.25, 0.3) is 5.91 Å². The molecule has 1 spiro atoms. The summed E-state index contributed by atoms with van der Waals surface area (Å²) in [6.45, 7) is 15.0. The van der Waals surface area contributed by atoms with E-state index in [0.29, 0.717) is 37.6 Å². The first-order valence-electron chi connectivity index (χ1n) is 21.6. The fourth-order valence-electron chi connectivity index (χ4n) is 11.2. The van der Waals surface area contributed by atoms with Crippen LogP contribution in [0.4, 0.5) is 5.69 Å². The van der Waals surface area contributed by atoms with Gasteiger partial charge in [-0.05, 0) is 124 Å². The van der Waals surface area contributed by atoms with Gasteiger partial charge in [-0.3, -0.25) is 24.1 Å². The fourth-order valence-corrected chi connectivity index (χ4v) is 12.9. The predicted octanol–water partition coefficient (Wildman–Crippen LogP) is 5.42. The fraction of sp³-hybridized carbons (Fsp3) is 0.667. The number of aryl methyl sites for hydroxylation is 1. The average molecular weight is 823 g/mol. The number of rotatable bonds is 5. The summed E-state index contributed by atoms with van der Waals surface area (Å²) in [5.74, 6) is 5.12. The summed E-state index contributed by atoms with van der Waals surface area (Å²) in [6, 6.07) is 12.3. The standard InChI is InChI=1S/C45H64ClN5O5S/c1-31-7-5-17-45(54,29-49-20-22-50-21-19-48(18-15-32(2)52)26-38(50)27-49)40-12-9-36(40)25-51-28-44(16-6-8-34-23-37(46)11-13-39(34)44)30-56-42-14-10-35(24-41(42)51)43(53)47-57(4,55)33(31)3/h10-11,13-14,23-24,31,33,36,38,40,54H,4-9,12,15-22,25-30H2,1-3H3,(H,47,53,55)/t31-,33+,36-,38+,40+,44-,45?,57?/m0/s1. The topological polar surface area (TPSA) is 106 Å². The Bertz CT molecular complexity index is 1950. The van der Waals surface area contributed by atoms with E-state index in [1.165, 1.54) is 11.1 Å². The largest absolute Gasteiger partial charge is 0.490 e. The van der Waals surface area contributed by atoms with Gasteiger partial charge < -0.3 is 19.6 Å². The number of carbonyl (C=O) groups excluding carboxylic acids is 2. The molecule has 0 aromatic heterocycles. The Balaban J connectivity index is 1.11. The summed E-state index contributed by atoms with van der Waals surface area (Å²) in [6.07, 6.45) is 7.90. The normalized spacial score (nSPS) is 35.5. The van der Waals surface area contributed by atoms with Crippen LogP contribution in [0.3, 0.4) is 0 Å². The highest BCUT2D eigenvalue weighted by molar-refractivity contribution is 7.99. The number of hydrogen-bond acceptors (Lipinski definition) is 9. The molecular formula is C45H64ClN5O5S. The van der Waals surface area contributed by atoms with Crippen LogP contribution >= 0.6 is 11.6 Å². The number of aliphatic hydroxyl groups is 1. The van der Waals surface area contributed by atoms with Crippen molar-refractivity contribution in [3.05, 3.63) is 58.1 Å². The van der Waals surface area contributed by atoms with Crippen molar-refractivity contribution in [2.45, 2.75) is 101 Å². The van der Waals surface area contributed by atoms with Crippen LogP contribution in [0.1, 0.15) is 93.6 Å². The number of Topliss-reactive ketones (excluding diaryl/α,β-unsaturated/α-hetero) is 1. The smallest absolute Gasteiger partial charge is 0.262 e. The molecule has 2 aromatic rings. The number of nitrogens with zero attached hydrogens (tertiary/aromatic N) is 4. The summed E-state index contributed by atoms with van der Waals surface area (Å²) in [7, 11) is -2.97. The molecular weight excluding hydrogens is 758 g/mol. The van der Waals surface area contributed by atoms with Gasteiger partial charge in [-0.1, -0.05) is 31.0 Å². The minimum Gasteiger partial charge on any atom is -0.490 e. The lowest BCUT2D eigenvalue weighted by Gasteiger charge is -2.53. The first-order valence-corrected chi connectivity index (χ1v) is 23.8. The monoisotopic (exact) mass is 821 g/mol. The maximum Gasteiger partial charge on any atom is 0.262 e. The number of β-amino-alcohol motifs (C(OH)–C–C–N with tert-alkyl or cyclic N) is 1. The number of halogens is 1. The van der Waals surface area contributed by atoms with Gasteiger partial charge in [-0.15, -0.1) is 0 Å². The lowest BCUT2D eigenvalue weighted by Crippen LogP contribution is -2.64. The quantitative estimate of drug-likeness (QED) is 0.383. The molecule has 1 saturated carbocycles. The van der Waals surface area contributed by atoms with Crippen LogP contribution in [-0.2, 0) is 26.3 Å². The molecule has 4 heterocycles. The molecule has 3 fully saturated rings. The van der Waals surface area contributed by atoms with E-state index in [1.54, 1.807) is 13.0 Å². The number of carbonyl (C=O) groups is 2. The van der Waals surface area contributed by atoms with E-state index in [2.05, 4.69) is 49.2 Å². The molecule has 2 bridgehead atoms. The van der Waals surface area contributed by atoms with Crippen molar-refractivity contribution in [1.82, 2.24) is 19.4 Å². The number of anilines is 1. The Hall–Kier alpha value is -2.67. The van der Waals surface area contributed by atoms with E-state index in [4.69, 9.17) is 16.3 Å². The summed E-state index contributed by atoms with van der Waals surface area (Å²) in [5.41, 5.74) is 2.75. The highest BCUT2D eigenvalue weighted by Crippen LogP contribution is 2.49. The molecule has 2 unspecified atom stereocenters. The molecule has 1 amide bonds. The molecule has 8 rings (SSSR count). The number of hydrogen-bond donors (Lipinski definition) is 2. The number of fused-ring (bicyclic) bond motifs is 5. The Morgan fingerprint density at radius 1 is 1.02 bits per heavy atom. The Morgan fingerprint density at radius 3 is 2.58 bits per heavy atom. The highest BCUT2D eigenvalue weighted by Gasteiger charge is 2.50. The van der Waals surface area contributed by atoms with E-state index < -0.39 is 15.3 Å². The van der Waals surface area contributed by atoms with Crippen molar-refractivity contribution in [1.29, 1.82) is 0 Å². The molecule has 12 heteroatoms. The molecule has 8 atom stereocenters. The Labute approximate surface area is 345 Å². The van der Waals surface area contributed by atoms with Gasteiger partial charge in [0.05, 0.1) is 27.6 Å². The van der Waals surface area contributed by atoms with E-state index in [-0.39, 0.29) is 40.1 Å². The molecule has 10 nitrogen and oxygen atoms in total. The van der Waals surface area contributed by atoms with Crippen LogP contribution in [0.5, 0.6) is 5.75 Å². The van der Waals surface area contributed by atoms with Gasteiger partial charge in [0, 0.05) is 99.2 Å². The Kier molecular flexibility index (Phi) is 11.8. The molecule has 2 N–H and O–H groups in total. The summed E-state index contributed by atoms with van der Waals surface area (Å²) >= 11 is 6.53. The zero-order valence-corrected chi connectivity index (χ0v) is 35.9. The van der Waals surface area contributed by atoms with Crippen molar-refractivity contribution in [3.8, 4) is 5.75 Å². The van der Waals surface area contributed by atoms with Crippen molar-refractivity contribution in [2.24, 2.45) is 17.8 Å². The van der Waals surface area contributed by atoms with Crippen LogP contribution in [-0.4, -0.2) is 131 Å². The SMILES string of the molecule is C=S1(=O)NC(=O)c2ccc3c(c2)N(C[C@@H]2CC[C@H]2C(O)(CN2CCN4CCN(CCC(C)=O)C[C@@H]4C2)CCC[C@H](C)[C@H]1C)C[C@@]1(CCCc2cc(Cl)ccc21)CO3. The van der Waals surface area contributed by atoms with E-state index in [1.807, 2.05) is 25.1 Å². The second-order valence-electron chi connectivity index (χ2n) is 18.7. The van der Waals surface area contributed by atoms with E-state index >= 15 is 0 Å². The molecule has 57 heavy (non-hydrogen) atoms. The van der Waals surface area contributed by atoms with Crippen LogP contribution in [0.15, 0.2) is 36.4 Å². The number of benzene rings is 2. The van der Waals surface area contributed by atoms with Crippen LogP contribution in [0, 0.1) is 17.8 Å². The third kappa shape index (κ3) is 8.53. The summed E-state index contributed by atoms with van der Waals surface area (Å²) < 4.78 is 23.7. The van der Waals surface area contributed by atoms with Gasteiger partial charge in [-0.25, -0.2) is 4.21 Å². The van der Waals surface area contributed by atoms with Gasteiger partial charge in [0.1, 0.15) is 11.5 Å². The Morgan fingerprint density at radius 2 is 1.81 bits per heavy atom. The van der Waals surface area contributed by atoms with Crippen molar-refractivity contribution in [3.63, 3.8) is 0 Å². The van der Waals surface area contributed by atoms with Crippen LogP contribution < -0.4 is 14.4 Å². The number of amides is 1. The van der Waals surface area contributed by atoms with Crippen LogP contribution in [0.2, 0.25) is 5.02 Å². The number of ketones is 1. The van der Waals surface area contributed by atoms with Gasteiger partial charge in [0.15, 0.2) is 0 Å².